The van der Waals surface area contributed by atoms with E-state index in [2.05, 4.69) is 15.6 Å². The molecule has 2 amide bonds. The highest BCUT2D eigenvalue weighted by molar-refractivity contribution is 5.75. The molecule has 1 aromatic rings. The first-order valence-corrected chi connectivity index (χ1v) is 7.28. The van der Waals surface area contributed by atoms with Gasteiger partial charge in [0.2, 0.25) is 0 Å². The van der Waals surface area contributed by atoms with Crippen molar-refractivity contribution in [2.45, 2.75) is 20.3 Å². The van der Waals surface area contributed by atoms with E-state index < -0.39 is 11.9 Å². The minimum atomic E-state index is -0.908. The number of carboxylic acids is 1. The van der Waals surface area contributed by atoms with Gasteiger partial charge in [-0.15, -0.1) is 0 Å². The van der Waals surface area contributed by atoms with Crippen LogP contribution in [0, 0.1) is 12.8 Å². The fraction of sp³-hybridized carbons (Fsp3) is 0.533. The number of carbonyl (C=O) groups is 2. The molecule has 1 atom stereocenters. The molecule has 0 radical (unpaired) electrons. The fourth-order valence-electron chi connectivity index (χ4n) is 1.78. The first-order valence-electron chi connectivity index (χ1n) is 7.28. The van der Waals surface area contributed by atoms with Crippen LogP contribution in [0.1, 0.15) is 18.9 Å². The Morgan fingerprint density at radius 2 is 2.09 bits per heavy atom. The minimum Gasteiger partial charge on any atom is -0.481 e. The zero-order chi connectivity index (χ0) is 16.5. The van der Waals surface area contributed by atoms with Crippen molar-refractivity contribution < 1.29 is 14.7 Å². The molecule has 0 aliphatic carbocycles. The number of pyridine rings is 1. The first kappa shape index (κ1) is 17.7. The van der Waals surface area contributed by atoms with Crippen LogP contribution < -0.4 is 10.6 Å². The lowest BCUT2D eigenvalue weighted by Crippen LogP contribution is -2.41. The minimum absolute atomic E-state index is 0.187. The number of amides is 2. The molecular weight excluding hydrogens is 284 g/mol. The average Bonchev–Trinajstić information content (AvgIpc) is 2.48. The maximum absolute atomic E-state index is 11.8. The van der Waals surface area contributed by atoms with Crippen LogP contribution in [0.3, 0.4) is 0 Å². The van der Waals surface area contributed by atoms with Crippen LogP contribution in [-0.2, 0) is 4.79 Å². The molecule has 1 unspecified atom stereocenters. The van der Waals surface area contributed by atoms with Crippen molar-refractivity contribution in [1.29, 1.82) is 0 Å². The number of aromatic nitrogens is 1. The Labute approximate surface area is 130 Å². The summed E-state index contributed by atoms with van der Waals surface area (Å²) < 4.78 is 0. The maximum atomic E-state index is 11.8. The largest absolute Gasteiger partial charge is 0.481 e. The molecule has 0 aliphatic rings. The van der Waals surface area contributed by atoms with Crippen LogP contribution in [0.15, 0.2) is 18.3 Å². The van der Waals surface area contributed by atoms with Gasteiger partial charge >= 0.3 is 12.0 Å². The van der Waals surface area contributed by atoms with Crippen LogP contribution in [0.25, 0.3) is 0 Å². The standard InChI is InChI=1S/C15H24N4O3/c1-11-5-6-13(18-9-11)16-7-4-8-17-15(22)19(3)10-12(2)14(20)21/h5-6,9,12H,4,7-8,10H2,1-3H3,(H,16,18)(H,17,22)(H,20,21). The van der Waals surface area contributed by atoms with Crippen molar-refractivity contribution >= 4 is 17.8 Å². The van der Waals surface area contributed by atoms with Gasteiger partial charge < -0.3 is 20.6 Å². The third-order valence-corrected chi connectivity index (χ3v) is 3.16. The Morgan fingerprint density at radius 1 is 1.36 bits per heavy atom. The fourth-order valence-corrected chi connectivity index (χ4v) is 1.78. The number of carbonyl (C=O) groups excluding carboxylic acids is 1. The molecule has 0 bridgehead atoms. The van der Waals surface area contributed by atoms with E-state index in [1.165, 1.54) is 4.90 Å². The second kappa shape index (κ2) is 8.86. The lowest BCUT2D eigenvalue weighted by atomic mass is 10.2. The van der Waals surface area contributed by atoms with Gasteiger partial charge in [-0.3, -0.25) is 4.79 Å². The van der Waals surface area contributed by atoms with Crippen LogP contribution in [0.5, 0.6) is 0 Å². The monoisotopic (exact) mass is 308 g/mol. The van der Waals surface area contributed by atoms with Crippen molar-refractivity contribution in [2.75, 3.05) is 32.0 Å². The predicted octanol–water partition coefficient (Wildman–Crippen LogP) is 1.55. The molecule has 0 saturated carbocycles. The lowest BCUT2D eigenvalue weighted by Gasteiger charge is -2.20. The summed E-state index contributed by atoms with van der Waals surface area (Å²) in [5.74, 6) is -0.677. The van der Waals surface area contributed by atoms with Crippen molar-refractivity contribution in [3.63, 3.8) is 0 Å². The van der Waals surface area contributed by atoms with Crippen molar-refractivity contribution in [3.05, 3.63) is 23.9 Å². The summed E-state index contributed by atoms with van der Waals surface area (Å²) in [5.41, 5.74) is 1.11. The number of nitrogens with zero attached hydrogens (tertiary/aromatic N) is 2. The molecule has 1 rings (SSSR count). The molecule has 0 aromatic carbocycles. The smallest absolute Gasteiger partial charge is 0.317 e. The van der Waals surface area contributed by atoms with Gasteiger partial charge in [-0.1, -0.05) is 13.0 Å². The van der Waals surface area contributed by atoms with E-state index >= 15 is 0 Å². The number of hydrogen-bond acceptors (Lipinski definition) is 4. The second-order valence-electron chi connectivity index (χ2n) is 5.35. The SMILES string of the molecule is Cc1ccc(NCCCNC(=O)N(C)CC(C)C(=O)O)nc1. The summed E-state index contributed by atoms with van der Waals surface area (Å²) in [6.07, 6.45) is 2.55. The molecule has 0 spiro atoms. The molecule has 122 valence electrons. The third kappa shape index (κ3) is 6.43. The van der Waals surface area contributed by atoms with Crippen LogP contribution in [0.2, 0.25) is 0 Å². The number of urea groups is 1. The predicted molar refractivity (Wildman–Crippen MR) is 84.9 cm³/mol. The number of carboxylic acid groups (broad SMARTS) is 1. The van der Waals surface area contributed by atoms with Crippen molar-refractivity contribution in [1.82, 2.24) is 15.2 Å². The normalized spacial score (nSPS) is 11.6. The average molecular weight is 308 g/mol. The van der Waals surface area contributed by atoms with Crippen molar-refractivity contribution in [3.8, 4) is 0 Å². The molecule has 22 heavy (non-hydrogen) atoms. The van der Waals surface area contributed by atoms with E-state index in [9.17, 15) is 9.59 Å². The quantitative estimate of drug-likeness (QED) is 0.633. The molecular formula is C15H24N4O3. The first-order chi connectivity index (χ1) is 10.4. The topological polar surface area (TPSA) is 94.6 Å². The van der Waals surface area contributed by atoms with Gasteiger partial charge in [0, 0.05) is 32.9 Å². The number of aliphatic carboxylic acids is 1. The Kier molecular flexibility index (Phi) is 7.15. The van der Waals surface area contributed by atoms with E-state index in [4.69, 9.17) is 5.11 Å². The molecule has 7 nitrogen and oxygen atoms in total. The highest BCUT2D eigenvalue weighted by atomic mass is 16.4. The van der Waals surface area contributed by atoms with E-state index in [1.54, 1.807) is 20.2 Å². The summed E-state index contributed by atoms with van der Waals surface area (Å²) in [4.78, 5) is 28.1. The molecule has 0 aliphatic heterocycles. The van der Waals surface area contributed by atoms with Gasteiger partial charge in [0.25, 0.3) is 0 Å². The molecule has 1 aromatic heterocycles. The Bertz CT molecular complexity index is 490. The molecule has 7 heteroatoms. The van der Waals surface area contributed by atoms with Gasteiger partial charge in [-0.2, -0.15) is 0 Å². The van der Waals surface area contributed by atoms with Crippen LogP contribution in [0.4, 0.5) is 10.6 Å². The summed E-state index contributed by atoms with van der Waals surface area (Å²) in [5, 5.41) is 14.7. The zero-order valence-corrected chi connectivity index (χ0v) is 13.3. The van der Waals surface area contributed by atoms with E-state index in [-0.39, 0.29) is 12.6 Å². The van der Waals surface area contributed by atoms with Crippen LogP contribution in [-0.4, -0.2) is 53.7 Å². The lowest BCUT2D eigenvalue weighted by molar-refractivity contribution is -0.141. The number of nitrogens with one attached hydrogen (secondary N) is 2. The van der Waals surface area contributed by atoms with Gasteiger partial charge in [0.1, 0.15) is 5.82 Å². The van der Waals surface area contributed by atoms with Gasteiger partial charge in [-0.25, -0.2) is 9.78 Å². The summed E-state index contributed by atoms with van der Waals surface area (Å²) in [6, 6.07) is 3.63. The Hall–Kier alpha value is -2.31. The molecule has 1 heterocycles. The zero-order valence-electron chi connectivity index (χ0n) is 13.3. The van der Waals surface area contributed by atoms with Gasteiger partial charge in [-0.05, 0) is 25.0 Å². The summed E-state index contributed by atoms with van der Waals surface area (Å²) in [7, 11) is 1.59. The Morgan fingerprint density at radius 3 is 2.68 bits per heavy atom. The molecule has 0 fully saturated rings. The number of aryl methyl sites for hydroxylation is 1. The van der Waals surface area contributed by atoms with Gasteiger partial charge in [0.05, 0.1) is 5.92 Å². The van der Waals surface area contributed by atoms with Crippen LogP contribution >= 0.6 is 0 Å². The number of hydrogen-bond donors (Lipinski definition) is 3. The number of rotatable bonds is 8. The third-order valence-electron chi connectivity index (χ3n) is 3.16. The highest BCUT2D eigenvalue weighted by Crippen LogP contribution is 2.03. The molecule has 0 saturated heterocycles. The Balaban J connectivity index is 2.17. The second-order valence-corrected chi connectivity index (χ2v) is 5.35. The van der Waals surface area contributed by atoms with E-state index in [1.807, 2.05) is 19.1 Å². The number of anilines is 1. The maximum Gasteiger partial charge on any atom is 0.317 e. The highest BCUT2D eigenvalue weighted by Gasteiger charge is 2.16. The van der Waals surface area contributed by atoms with E-state index in [0.717, 1.165) is 17.8 Å². The summed E-state index contributed by atoms with van der Waals surface area (Å²) in [6.45, 7) is 4.96. The summed E-state index contributed by atoms with van der Waals surface area (Å²) >= 11 is 0. The van der Waals surface area contributed by atoms with Crippen molar-refractivity contribution in [2.24, 2.45) is 5.92 Å². The molecule has 3 N–H and O–H groups in total. The van der Waals surface area contributed by atoms with Gasteiger partial charge in [0.15, 0.2) is 0 Å². The van der Waals surface area contributed by atoms with E-state index in [0.29, 0.717) is 13.1 Å².